The molecule has 3 aromatic rings. The summed E-state index contributed by atoms with van der Waals surface area (Å²) in [6.45, 7) is 7.13. The van der Waals surface area contributed by atoms with Gasteiger partial charge >= 0.3 is 6.09 Å². The van der Waals surface area contributed by atoms with E-state index < -0.39 is 12.1 Å². The lowest BCUT2D eigenvalue weighted by molar-refractivity contribution is -0.123. The summed E-state index contributed by atoms with van der Waals surface area (Å²) in [6, 6.07) is 5.39. The number of aromatic amines is 1. The molecule has 2 aromatic heterocycles. The van der Waals surface area contributed by atoms with Crippen LogP contribution in [0, 0.1) is 0 Å². The molecule has 13 heteroatoms. The molecule has 0 saturated carbocycles. The molecule has 0 aliphatic carbocycles. The molecule has 2 saturated heterocycles. The number of amides is 2. The van der Waals surface area contributed by atoms with Crippen LogP contribution in [0.25, 0.3) is 22.3 Å². The maximum Gasteiger partial charge on any atom is 0.413 e. The molecule has 208 valence electrons. The molecule has 1 atom stereocenters. The second-order valence-corrected chi connectivity index (χ2v) is 10.1. The number of carbonyl (C=O) groups is 2. The molecular weight excluding hydrogens is 512 g/mol. The molecule has 2 N–H and O–H groups in total. The molecule has 0 spiro atoms. The van der Waals surface area contributed by atoms with Crippen molar-refractivity contribution in [1.82, 2.24) is 29.7 Å². The van der Waals surface area contributed by atoms with Gasteiger partial charge in [0.25, 0.3) is 5.91 Å². The van der Waals surface area contributed by atoms with Gasteiger partial charge in [-0.1, -0.05) is 0 Å². The molecule has 5 heterocycles. The van der Waals surface area contributed by atoms with Gasteiger partial charge in [-0.2, -0.15) is 0 Å². The van der Waals surface area contributed by atoms with E-state index in [0.29, 0.717) is 16.7 Å². The predicted octanol–water partition coefficient (Wildman–Crippen LogP) is 2.49. The highest BCUT2D eigenvalue weighted by atomic mass is 16.5. The minimum atomic E-state index is -0.597. The summed E-state index contributed by atoms with van der Waals surface area (Å²) in [4.78, 5) is 57.2. The van der Waals surface area contributed by atoms with E-state index in [4.69, 9.17) is 4.74 Å². The van der Waals surface area contributed by atoms with E-state index in [2.05, 4.69) is 52.1 Å². The Kier molecular flexibility index (Phi) is 7.11. The number of benzene rings is 1. The molecule has 40 heavy (non-hydrogen) atoms. The topological polar surface area (TPSA) is 144 Å². The summed E-state index contributed by atoms with van der Waals surface area (Å²) in [5.41, 5.74) is 3.60. The summed E-state index contributed by atoms with van der Waals surface area (Å²) in [5.74, 6) is 1.19. The Morgan fingerprint density at radius 2 is 1.88 bits per heavy atom. The van der Waals surface area contributed by atoms with Crippen molar-refractivity contribution in [1.29, 1.82) is 0 Å². The van der Waals surface area contributed by atoms with E-state index in [1.54, 1.807) is 24.4 Å². The largest absolute Gasteiger partial charge is 0.450 e. The zero-order valence-corrected chi connectivity index (χ0v) is 22.6. The highest BCUT2D eigenvalue weighted by molar-refractivity contribution is 6.40. The lowest BCUT2D eigenvalue weighted by atomic mass is 10.0. The minimum absolute atomic E-state index is 0.133. The maximum atomic E-state index is 12.9. The number of H-pyrrole nitrogens is 1. The Balaban J connectivity index is 1.37. The van der Waals surface area contributed by atoms with Crippen LogP contribution in [0.2, 0.25) is 0 Å². The third-order valence-electron chi connectivity index (χ3n) is 7.39. The van der Waals surface area contributed by atoms with Crippen LogP contribution in [-0.4, -0.2) is 107 Å². The van der Waals surface area contributed by atoms with Crippen LogP contribution in [0.15, 0.2) is 34.5 Å². The van der Waals surface area contributed by atoms with Gasteiger partial charge in [0.2, 0.25) is 11.8 Å². The number of carbonyl (C=O) groups excluding carboxylic acids is 2. The van der Waals surface area contributed by atoms with Gasteiger partial charge < -0.3 is 24.4 Å². The number of likely N-dealkylation sites (N-methyl/N-ethyl adjacent to an activating group) is 1. The molecule has 1 aromatic carbocycles. The lowest BCUT2D eigenvalue weighted by Crippen LogP contribution is -2.44. The van der Waals surface area contributed by atoms with Crippen LogP contribution in [0.5, 0.6) is 0 Å². The van der Waals surface area contributed by atoms with Crippen molar-refractivity contribution in [2.75, 3.05) is 63.1 Å². The summed E-state index contributed by atoms with van der Waals surface area (Å²) in [7, 11) is 2.12. The molecule has 3 aliphatic rings. The first kappa shape index (κ1) is 25.9. The molecule has 2 fully saturated rings. The van der Waals surface area contributed by atoms with E-state index in [1.165, 1.54) is 0 Å². The molecule has 2 amide bonds. The number of imidazole rings is 1. The van der Waals surface area contributed by atoms with Crippen molar-refractivity contribution in [2.24, 2.45) is 9.98 Å². The van der Waals surface area contributed by atoms with Gasteiger partial charge in [0, 0.05) is 57.1 Å². The van der Waals surface area contributed by atoms with E-state index in [1.807, 2.05) is 18.2 Å². The van der Waals surface area contributed by atoms with Crippen molar-refractivity contribution in [3.63, 3.8) is 0 Å². The molecule has 3 aliphatic heterocycles. The number of likely N-dealkylation sites (tertiary alicyclic amines) is 1. The van der Waals surface area contributed by atoms with Crippen LogP contribution in [0.3, 0.4) is 0 Å². The number of aliphatic imine (C=N–C) groups is 2. The van der Waals surface area contributed by atoms with Crippen LogP contribution < -0.4 is 10.2 Å². The first-order chi connectivity index (χ1) is 19.5. The number of hydrogen-bond donors (Lipinski definition) is 2. The van der Waals surface area contributed by atoms with Crippen LogP contribution in [0.4, 0.5) is 16.6 Å². The number of piperazine rings is 1. The number of nitrogens with zero attached hydrogens (tertiary/aromatic N) is 8. The van der Waals surface area contributed by atoms with Gasteiger partial charge in [0.15, 0.2) is 0 Å². The van der Waals surface area contributed by atoms with Crippen LogP contribution in [0.1, 0.15) is 31.4 Å². The van der Waals surface area contributed by atoms with Crippen molar-refractivity contribution >= 4 is 46.9 Å². The smallest absolute Gasteiger partial charge is 0.413 e. The standard InChI is InChI=1S/C27H32N10O3/c1-3-40-27(39)34-26-32-20-13-17(21-15-28-24(31-21)25(38)37-6-4-5-7-37)12-18(23(20)33-26)19-14-22(30-16-29-19)36-10-8-35(2)9-11-36/h12-16,21H,3-11H2,1-2H3,(H2,32,33,34,39). The van der Waals surface area contributed by atoms with E-state index in [0.717, 1.165) is 69.1 Å². The fourth-order valence-corrected chi connectivity index (χ4v) is 5.21. The summed E-state index contributed by atoms with van der Waals surface area (Å²) in [5, 5.41) is 2.64. The molecule has 13 nitrogen and oxygen atoms in total. The van der Waals surface area contributed by atoms with E-state index >= 15 is 0 Å². The van der Waals surface area contributed by atoms with Gasteiger partial charge in [0.1, 0.15) is 18.2 Å². The van der Waals surface area contributed by atoms with Crippen molar-refractivity contribution < 1.29 is 14.3 Å². The van der Waals surface area contributed by atoms with Gasteiger partial charge in [-0.3, -0.25) is 10.1 Å². The average molecular weight is 545 g/mol. The Morgan fingerprint density at radius 3 is 2.65 bits per heavy atom. The first-order valence-electron chi connectivity index (χ1n) is 13.6. The average Bonchev–Trinajstić information content (AvgIpc) is 3.74. The van der Waals surface area contributed by atoms with E-state index in [-0.39, 0.29) is 24.3 Å². The van der Waals surface area contributed by atoms with Crippen LogP contribution in [-0.2, 0) is 9.53 Å². The van der Waals surface area contributed by atoms with Gasteiger partial charge in [0.05, 0.1) is 23.3 Å². The molecule has 0 bridgehead atoms. The summed E-state index contributed by atoms with van der Waals surface area (Å²) < 4.78 is 5.02. The maximum absolute atomic E-state index is 12.9. The Labute approximate surface area is 231 Å². The number of nitrogens with one attached hydrogen (secondary N) is 2. The lowest BCUT2D eigenvalue weighted by Gasteiger charge is -2.33. The van der Waals surface area contributed by atoms with Crippen molar-refractivity contribution in [3.8, 4) is 11.3 Å². The van der Waals surface area contributed by atoms with Gasteiger partial charge in [-0.15, -0.1) is 0 Å². The van der Waals surface area contributed by atoms with Gasteiger partial charge in [-0.25, -0.2) is 29.7 Å². The quantitative estimate of drug-likeness (QED) is 0.482. The number of rotatable bonds is 6. The van der Waals surface area contributed by atoms with Crippen molar-refractivity contribution in [2.45, 2.75) is 25.8 Å². The number of hydrogen-bond acceptors (Lipinski definition) is 10. The number of ether oxygens (including phenoxy) is 1. The first-order valence-corrected chi connectivity index (χ1v) is 13.6. The van der Waals surface area contributed by atoms with Crippen LogP contribution >= 0.6 is 0 Å². The zero-order valence-electron chi connectivity index (χ0n) is 22.6. The molecule has 1 unspecified atom stereocenters. The summed E-state index contributed by atoms with van der Waals surface area (Å²) in [6.07, 6.45) is 4.66. The number of anilines is 2. The highest BCUT2D eigenvalue weighted by Gasteiger charge is 2.27. The second-order valence-electron chi connectivity index (χ2n) is 10.1. The number of amidine groups is 1. The normalized spacial score (nSPS) is 19.4. The molecule has 0 radical (unpaired) electrons. The Morgan fingerprint density at radius 1 is 1.07 bits per heavy atom. The third kappa shape index (κ3) is 5.24. The predicted molar refractivity (Wildman–Crippen MR) is 152 cm³/mol. The molecular formula is C27H32N10O3. The monoisotopic (exact) mass is 544 g/mol. The Hall–Kier alpha value is -4.39. The fourth-order valence-electron chi connectivity index (χ4n) is 5.21. The molecule has 6 rings (SSSR count). The van der Waals surface area contributed by atoms with E-state index in [9.17, 15) is 9.59 Å². The summed E-state index contributed by atoms with van der Waals surface area (Å²) >= 11 is 0. The number of aromatic nitrogens is 4. The van der Waals surface area contributed by atoms with Crippen molar-refractivity contribution in [3.05, 3.63) is 30.1 Å². The SMILES string of the molecule is CCOC(=O)Nc1nc2cc(C3C=NC(C(=O)N4CCCC4)=N3)cc(-c3cc(N4CCN(C)CC4)ncn3)c2[nH]1. The number of fused-ring (bicyclic) bond motifs is 1. The Bertz CT molecular complexity index is 1480. The zero-order chi connectivity index (χ0) is 27.6. The highest BCUT2D eigenvalue weighted by Crippen LogP contribution is 2.34. The fraction of sp³-hybridized carbons (Fsp3) is 0.444. The second kappa shape index (κ2) is 11.0. The third-order valence-corrected chi connectivity index (χ3v) is 7.39. The minimum Gasteiger partial charge on any atom is -0.450 e. The van der Waals surface area contributed by atoms with Gasteiger partial charge in [-0.05, 0) is 44.5 Å².